The van der Waals surface area contributed by atoms with E-state index in [1.165, 1.54) is 31.7 Å². The molecule has 4 rings (SSSR count). The van der Waals surface area contributed by atoms with Gasteiger partial charge >= 0.3 is 11.6 Å². The standard InChI is InChI=1S/C21H24O4/c1-12-5-18-17(10-21(23)25-19(18)6-13(12)2)11-24-20(22)9-16-8-14-3-4-15(16)7-14/h5-6,10,14-16H,3-4,7-9,11H2,1-2H3/t14-,15+,16-/m0/s1. The van der Waals surface area contributed by atoms with Gasteiger partial charge in [0, 0.05) is 23.4 Å². The van der Waals surface area contributed by atoms with Crippen molar-refractivity contribution in [3.63, 3.8) is 0 Å². The van der Waals surface area contributed by atoms with Gasteiger partial charge in [-0.05, 0) is 74.1 Å². The third-order valence-electron chi connectivity index (χ3n) is 6.15. The molecule has 0 radical (unpaired) electrons. The Kier molecular flexibility index (Phi) is 4.14. The first-order chi connectivity index (χ1) is 12.0. The summed E-state index contributed by atoms with van der Waals surface area (Å²) >= 11 is 0. The molecule has 0 N–H and O–H groups in total. The Balaban J connectivity index is 1.48. The van der Waals surface area contributed by atoms with Crippen molar-refractivity contribution >= 4 is 16.9 Å². The maximum atomic E-state index is 12.3. The van der Waals surface area contributed by atoms with Crippen molar-refractivity contribution in [3.8, 4) is 0 Å². The number of rotatable bonds is 4. The van der Waals surface area contributed by atoms with Gasteiger partial charge < -0.3 is 9.15 Å². The Labute approximate surface area is 147 Å². The van der Waals surface area contributed by atoms with Gasteiger partial charge in [0.2, 0.25) is 0 Å². The maximum absolute atomic E-state index is 12.3. The molecule has 2 bridgehead atoms. The Morgan fingerprint density at radius 2 is 1.96 bits per heavy atom. The fraction of sp³-hybridized carbons (Fsp3) is 0.524. The zero-order chi connectivity index (χ0) is 17.6. The highest BCUT2D eigenvalue weighted by Crippen LogP contribution is 2.49. The smallest absolute Gasteiger partial charge is 0.336 e. The molecule has 2 aliphatic rings. The number of esters is 1. The lowest BCUT2D eigenvalue weighted by Gasteiger charge is -2.20. The molecular formula is C21H24O4. The van der Waals surface area contributed by atoms with E-state index in [0.717, 1.165) is 28.0 Å². The van der Waals surface area contributed by atoms with Gasteiger partial charge in [0.05, 0.1) is 0 Å². The van der Waals surface area contributed by atoms with Crippen molar-refractivity contribution in [1.29, 1.82) is 0 Å². The summed E-state index contributed by atoms with van der Waals surface area (Å²) in [5, 5.41) is 0.843. The average molecular weight is 340 g/mol. The number of ether oxygens (including phenoxy) is 1. The molecule has 0 spiro atoms. The highest BCUT2D eigenvalue weighted by molar-refractivity contribution is 5.82. The zero-order valence-electron chi connectivity index (χ0n) is 14.8. The second kappa shape index (κ2) is 6.32. The third kappa shape index (κ3) is 3.22. The first kappa shape index (κ1) is 16.4. The van der Waals surface area contributed by atoms with Crippen LogP contribution in [-0.2, 0) is 16.1 Å². The van der Waals surface area contributed by atoms with Gasteiger partial charge in [0.25, 0.3) is 0 Å². The van der Waals surface area contributed by atoms with Gasteiger partial charge in [0.15, 0.2) is 0 Å². The van der Waals surface area contributed by atoms with E-state index < -0.39 is 5.63 Å². The molecule has 0 amide bonds. The van der Waals surface area contributed by atoms with E-state index in [-0.39, 0.29) is 12.6 Å². The van der Waals surface area contributed by atoms with Crippen LogP contribution in [0.2, 0.25) is 0 Å². The number of benzene rings is 1. The first-order valence-electron chi connectivity index (χ1n) is 9.19. The average Bonchev–Trinajstić information content (AvgIpc) is 3.17. The highest BCUT2D eigenvalue weighted by Gasteiger charge is 2.40. The molecule has 0 aliphatic heterocycles. The van der Waals surface area contributed by atoms with E-state index in [2.05, 4.69) is 0 Å². The molecule has 0 unspecified atom stereocenters. The van der Waals surface area contributed by atoms with E-state index in [0.29, 0.717) is 23.8 Å². The van der Waals surface area contributed by atoms with Crippen LogP contribution >= 0.6 is 0 Å². The molecule has 25 heavy (non-hydrogen) atoms. The second-order valence-electron chi connectivity index (χ2n) is 7.82. The molecule has 2 saturated carbocycles. The largest absolute Gasteiger partial charge is 0.461 e. The molecule has 2 aromatic rings. The second-order valence-corrected chi connectivity index (χ2v) is 7.82. The summed E-state index contributed by atoms with van der Waals surface area (Å²) in [6, 6.07) is 5.29. The van der Waals surface area contributed by atoms with E-state index >= 15 is 0 Å². The fourth-order valence-corrected chi connectivity index (χ4v) is 4.66. The highest BCUT2D eigenvalue weighted by atomic mass is 16.5. The predicted octanol–water partition coefficient (Wildman–Crippen LogP) is 4.28. The molecule has 4 nitrogen and oxygen atoms in total. The lowest BCUT2D eigenvalue weighted by atomic mass is 9.86. The van der Waals surface area contributed by atoms with Crippen LogP contribution in [0.25, 0.3) is 11.0 Å². The van der Waals surface area contributed by atoms with Crippen molar-refractivity contribution in [1.82, 2.24) is 0 Å². The number of carbonyl (C=O) groups excluding carboxylic acids is 1. The molecule has 1 aromatic heterocycles. The number of aryl methyl sites for hydroxylation is 2. The van der Waals surface area contributed by atoms with Gasteiger partial charge in [-0.1, -0.05) is 6.42 Å². The zero-order valence-corrected chi connectivity index (χ0v) is 14.8. The summed E-state index contributed by atoms with van der Waals surface area (Å²) in [5.74, 6) is 1.89. The molecule has 1 aromatic carbocycles. The number of hydrogen-bond donors (Lipinski definition) is 0. The Morgan fingerprint density at radius 1 is 1.16 bits per heavy atom. The monoisotopic (exact) mass is 340 g/mol. The molecule has 1 heterocycles. The summed E-state index contributed by atoms with van der Waals surface area (Å²) in [4.78, 5) is 24.1. The van der Waals surface area contributed by atoms with Crippen molar-refractivity contribution < 1.29 is 13.9 Å². The van der Waals surface area contributed by atoms with Crippen molar-refractivity contribution in [3.05, 3.63) is 45.3 Å². The molecule has 2 aliphatic carbocycles. The summed E-state index contributed by atoms with van der Waals surface area (Å²) < 4.78 is 10.8. The van der Waals surface area contributed by atoms with Crippen molar-refractivity contribution in [2.45, 2.75) is 52.6 Å². The normalized spacial score (nSPS) is 24.8. The van der Waals surface area contributed by atoms with E-state index in [1.54, 1.807) is 0 Å². The molecule has 132 valence electrons. The van der Waals surface area contributed by atoms with Gasteiger partial charge in [-0.2, -0.15) is 0 Å². The lowest BCUT2D eigenvalue weighted by molar-refractivity contribution is -0.146. The van der Waals surface area contributed by atoms with Gasteiger partial charge in [0.1, 0.15) is 12.2 Å². The van der Waals surface area contributed by atoms with Gasteiger partial charge in [-0.3, -0.25) is 4.79 Å². The summed E-state index contributed by atoms with van der Waals surface area (Å²) in [5.41, 5.74) is 3.05. The van der Waals surface area contributed by atoms with E-state index in [9.17, 15) is 9.59 Å². The topological polar surface area (TPSA) is 56.5 Å². The number of fused-ring (bicyclic) bond motifs is 3. The number of carbonyl (C=O) groups is 1. The van der Waals surface area contributed by atoms with Crippen LogP contribution in [0, 0.1) is 31.6 Å². The van der Waals surface area contributed by atoms with Crippen molar-refractivity contribution in [2.24, 2.45) is 17.8 Å². The SMILES string of the molecule is Cc1cc2oc(=O)cc(COC(=O)C[C@@H]3C[C@H]4CC[C@@H]3C4)c2cc1C. The fourth-order valence-electron chi connectivity index (χ4n) is 4.66. The van der Waals surface area contributed by atoms with E-state index in [1.807, 2.05) is 26.0 Å². The molecule has 4 heteroatoms. The number of hydrogen-bond acceptors (Lipinski definition) is 4. The van der Waals surface area contributed by atoms with Gasteiger partial charge in [-0.25, -0.2) is 4.79 Å². The predicted molar refractivity (Wildman–Crippen MR) is 95.3 cm³/mol. The van der Waals surface area contributed by atoms with Crippen LogP contribution in [-0.4, -0.2) is 5.97 Å². The van der Waals surface area contributed by atoms with E-state index in [4.69, 9.17) is 9.15 Å². The maximum Gasteiger partial charge on any atom is 0.336 e. The minimum absolute atomic E-state index is 0.129. The van der Waals surface area contributed by atoms with Crippen LogP contribution < -0.4 is 5.63 Å². The molecule has 2 fully saturated rings. The molecule has 0 saturated heterocycles. The van der Waals surface area contributed by atoms with Crippen LogP contribution in [0.1, 0.15) is 48.8 Å². The summed E-state index contributed by atoms with van der Waals surface area (Å²) in [7, 11) is 0. The minimum Gasteiger partial charge on any atom is -0.461 e. The summed E-state index contributed by atoms with van der Waals surface area (Å²) in [6.07, 6.45) is 5.59. The Bertz CT molecular complexity index is 879. The van der Waals surface area contributed by atoms with Gasteiger partial charge in [-0.15, -0.1) is 0 Å². The summed E-state index contributed by atoms with van der Waals surface area (Å²) in [6.45, 7) is 4.13. The Hall–Kier alpha value is -2.10. The van der Waals surface area contributed by atoms with Crippen LogP contribution in [0.15, 0.2) is 27.4 Å². The van der Waals surface area contributed by atoms with Crippen LogP contribution in [0.4, 0.5) is 0 Å². The molecule has 3 atom stereocenters. The molecular weight excluding hydrogens is 316 g/mol. The van der Waals surface area contributed by atoms with Crippen molar-refractivity contribution in [2.75, 3.05) is 0 Å². The first-order valence-corrected chi connectivity index (χ1v) is 9.19. The van der Waals surface area contributed by atoms with Crippen LogP contribution in [0.3, 0.4) is 0 Å². The Morgan fingerprint density at radius 3 is 2.68 bits per heavy atom. The third-order valence-corrected chi connectivity index (χ3v) is 6.15. The minimum atomic E-state index is -0.407. The van der Waals surface area contributed by atoms with Crippen LogP contribution in [0.5, 0.6) is 0 Å². The lowest BCUT2D eigenvalue weighted by Crippen LogP contribution is -2.17. The quantitative estimate of drug-likeness (QED) is 0.616.